The summed E-state index contributed by atoms with van der Waals surface area (Å²) in [6.45, 7) is 4.02. The highest BCUT2D eigenvalue weighted by Gasteiger charge is 2.21. The maximum absolute atomic E-state index is 12.7. The Labute approximate surface area is 170 Å². The summed E-state index contributed by atoms with van der Waals surface area (Å²) in [5, 5.41) is 1.92. The van der Waals surface area contributed by atoms with E-state index in [-0.39, 0.29) is 5.91 Å². The first kappa shape index (κ1) is 18.9. The first-order chi connectivity index (χ1) is 13.7. The Morgan fingerprint density at radius 2 is 1.75 bits per heavy atom. The van der Waals surface area contributed by atoms with Crippen molar-refractivity contribution in [1.82, 2.24) is 14.9 Å². The van der Waals surface area contributed by atoms with Crippen LogP contribution in [0.4, 0.5) is 0 Å². The Kier molecular flexibility index (Phi) is 5.91. The topological polar surface area (TPSA) is 46.1 Å². The Hall–Kier alpha value is -2.40. The highest BCUT2D eigenvalue weighted by Crippen LogP contribution is 2.27. The number of nitrogens with zero attached hydrogens (tertiary/aromatic N) is 3. The van der Waals surface area contributed by atoms with Crippen LogP contribution in [0.1, 0.15) is 31.2 Å². The molecular formula is C23H25N3OS. The number of aromatic nitrogens is 2. The van der Waals surface area contributed by atoms with Crippen molar-refractivity contribution < 1.29 is 4.79 Å². The summed E-state index contributed by atoms with van der Waals surface area (Å²) >= 11 is 1.53. The molecule has 1 saturated heterocycles. The van der Waals surface area contributed by atoms with Gasteiger partial charge in [0.05, 0.1) is 11.3 Å². The molecule has 0 radical (unpaired) electrons. The fourth-order valence-electron chi connectivity index (χ4n) is 3.54. The molecule has 1 aliphatic rings. The lowest BCUT2D eigenvalue weighted by molar-refractivity contribution is -0.129. The van der Waals surface area contributed by atoms with Gasteiger partial charge in [0.25, 0.3) is 0 Å². The van der Waals surface area contributed by atoms with Gasteiger partial charge in [0.2, 0.25) is 5.91 Å². The molecule has 4 nitrogen and oxygen atoms in total. The zero-order valence-electron chi connectivity index (χ0n) is 16.2. The second-order valence-corrected chi connectivity index (χ2v) is 8.44. The summed E-state index contributed by atoms with van der Waals surface area (Å²) in [5.74, 6) is 2.17. The molecule has 0 N–H and O–H groups in total. The molecule has 1 aromatic heterocycles. The van der Waals surface area contributed by atoms with E-state index in [0.29, 0.717) is 12.2 Å². The Morgan fingerprint density at radius 3 is 2.54 bits per heavy atom. The molecule has 4 rings (SSSR count). The predicted octanol–water partition coefficient (Wildman–Crippen LogP) is 4.57. The van der Waals surface area contributed by atoms with Gasteiger partial charge in [0.1, 0.15) is 10.9 Å². The maximum Gasteiger partial charge on any atom is 0.232 e. The number of hydrogen-bond donors (Lipinski definition) is 0. The third kappa shape index (κ3) is 4.53. The first-order valence-corrected chi connectivity index (χ1v) is 10.9. The number of hydrogen-bond acceptors (Lipinski definition) is 4. The lowest BCUT2D eigenvalue weighted by Gasteiger charge is -2.30. The summed E-state index contributed by atoms with van der Waals surface area (Å²) in [4.78, 5) is 24.2. The van der Waals surface area contributed by atoms with Crippen molar-refractivity contribution in [1.29, 1.82) is 0 Å². The Bertz CT molecular complexity index is 952. The average Bonchev–Trinajstić information content (AvgIpc) is 2.73. The number of carbonyl (C=O) groups excluding carboxylic acids is 1. The van der Waals surface area contributed by atoms with Crippen molar-refractivity contribution in [3.05, 3.63) is 66.0 Å². The zero-order valence-corrected chi connectivity index (χ0v) is 17.0. The molecule has 5 heteroatoms. The lowest BCUT2D eigenvalue weighted by Crippen LogP contribution is -2.38. The summed E-state index contributed by atoms with van der Waals surface area (Å²) in [6, 6.07) is 18.3. The van der Waals surface area contributed by atoms with Crippen molar-refractivity contribution in [3.63, 3.8) is 0 Å². The van der Waals surface area contributed by atoms with E-state index in [1.807, 2.05) is 47.4 Å². The van der Waals surface area contributed by atoms with Gasteiger partial charge in [-0.1, -0.05) is 67.2 Å². The number of likely N-dealkylation sites (tertiary alicyclic amines) is 1. The minimum absolute atomic E-state index is 0.212. The van der Waals surface area contributed by atoms with Crippen LogP contribution in [-0.4, -0.2) is 39.6 Å². The number of thioether (sulfide) groups is 1. The van der Waals surface area contributed by atoms with E-state index in [9.17, 15) is 4.79 Å². The van der Waals surface area contributed by atoms with Crippen LogP contribution >= 0.6 is 11.8 Å². The van der Waals surface area contributed by atoms with Gasteiger partial charge >= 0.3 is 0 Å². The van der Waals surface area contributed by atoms with Crippen molar-refractivity contribution in [3.8, 4) is 0 Å². The second kappa shape index (κ2) is 8.74. The van der Waals surface area contributed by atoms with Crippen LogP contribution in [-0.2, 0) is 11.2 Å². The SMILES string of the molecule is CC1CCN(C(=O)CSc2nc(Cc3ccccc3)nc3ccccc23)CC1. The molecule has 28 heavy (non-hydrogen) atoms. The summed E-state index contributed by atoms with van der Waals surface area (Å²) in [5.41, 5.74) is 2.12. The van der Waals surface area contributed by atoms with Gasteiger partial charge < -0.3 is 4.90 Å². The smallest absolute Gasteiger partial charge is 0.232 e. The quantitative estimate of drug-likeness (QED) is 0.472. The van der Waals surface area contributed by atoms with Crippen LogP contribution in [0.2, 0.25) is 0 Å². The summed E-state index contributed by atoms with van der Waals surface area (Å²) in [6.07, 6.45) is 2.90. The van der Waals surface area contributed by atoms with Gasteiger partial charge in [-0.15, -0.1) is 0 Å². The van der Waals surface area contributed by atoms with Crippen LogP contribution in [0.3, 0.4) is 0 Å². The fraction of sp³-hybridized carbons (Fsp3) is 0.348. The maximum atomic E-state index is 12.7. The number of piperidine rings is 1. The molecular weight excluding hydrogens is 366 g/mol. The zero-order chi connectivity index (χ0) is 19.3. The van der Waals surface area contributed by atoms with Gasteiger partial charge in [-0.3, -0.25) is 4.79 Å². The summed E-state index contributed by atoms with van der Waals surface area (Å²) < 4.78 is 0. The number of carbonyl (C=O) groups is 1. The standard InChI is InChI=1S/C23H25N3OS/c1-17-11-13-26(14-12-17)22(27)16-28-23-19-9-5-6-10-20(19)24-21(25-23)15-18-7-3-2-4-8-18/h2-10,17H,11-16H2,1H3. The third-order valence-electron chi connectivity index (χ3n) is 5.29. The van der Waals surface area contributed by atoms with Gasteiger partial charge in [0, 0.05) is 24.9 Å². The van der Waals surface area contributed by atoms with Gasteiger partial charge in [-0.2, -0.15) is 0 Å². The lowest BCUT2D eigenvalue weighted by atomic mass is 9.99. The fourth-order valence-corrected chi connectivity index (χ4v) is 4.48. The van der Waals surface area contributed by atoms with E-state index in [4.69, 9.17) is 9.97 Å². The number of rotatable bonds is 5. The molecule has 0 atom stereocenters. The minimum Gasteiger partial charge on any atom is -0.342 e. The van der Waals surface area contributed by atoms with E-state index in [1.165, 1.54) is 17.3 Å². The highest BCUT2D eigenvalue weighted by atomic mass is 32.2. The van der Waals surface area contributed by atoms with Crippen LogP contribution < -0.4 is 0 Å². The molecule has 2 aromatic carbocycles. The normalized spacial score (nSPS) is 15.1. The molecule has 0 bridgehead atoms. The largest absolute Gasteiger partial charge is 0.342 e. The Balaban J connectivity index is 1.52. The molecule has 1 fully saturated rings. The molecule has 3 aromatic rings. The molecule has 1 amide bonds. The predicted molar refractivity (Wildman–Crippen MR) is 114 cm³/mol. The average molecular weight is 392 g/mol. The monoisotopic (exact) mass is 391 g/mol. The Morgan fingerprint density at radius 1 is 1.04 bits per heavy atom. The molecule has 2 heterocycles. The number of para-hydroxylation sites is 1. The van der Waals surface area contributed by atoms with Crippen molar-refractivity contribution in [2.45, 2.75) is 31.2 Å². The summed E-state index contributed by atoms with van der Waals surface area (Å²) in [7, 11) is 0. The van der Waals surface area contributed by atoms with Gasteiger partial charge in [-0.25, -0.2) is 9.97 Å². The van der Waals surface area contributed by atoms with Crippen LogP contribution in [0.5, 0.6) is 0 Å². The van der Waals surface area contributed by atoms with Crippen LogP contribution in [0, 0.1) is 5.92 Å². The number of amides is 1. The van der Waals surface area contributed by atoms with E-state index in [2.05, 4.69) is 19.1 Å². The molecule has 0 aliphatic carbocycles. The van der Waals surface area contributed by atoms with Crippen molar-refractivity contribution in [2.75, 3.05) is 18.8 Å². The first-order valence-electron chi connectivity index (χ1n) is 9.89. The molecule has 144 valence electrons. The second-order valence-electron chi connectivity index (χ2n) is 7.48. The third-order valence-corrected chi connectivity index (χ3v) is 6.26. The molecule has 0 unspecified atom stereocenters. The van der Waals surface area contributed by atoms with Crippen molar-refractivity contribution in [2.24, 2.45) is 5.92 Å². The van der Waals surface area contributed by atoms with E-state index in [1.54, 1.807) is 0 Å². The molecule has 0 saturated carbocycles. The molecule has 0 spiro atoms. The van der Waals surface area contributed by atoms with Gasteiger partial charge in [0.15, 0.2) is 0 Å². The van der Waals surface area contributed by atoms with Crippen LogP contribution in [0.15, 0.2) is 59.6 Å². The van der Waals surface area contributed by atoms with E-state index < -0.39 is 0 Å². The van der Waals surface area contributed by atoms with Crippen molar-refractivity contribution >= 4 is 28.6 Å². The van der Waals surface area contributed by atoms with E-state index >= 15 is 0 Å². The van der Waals surface area contributed by atoms with Gasteiger partial charge in [-0.05, 0) is 30.4 Å². The highest BCUT2D eigenvalue weighted by molar-refractivity contribution is 8.00. The van der Waals surface area contributed by atoms with Crippen LogP contribution in [0.25, 0.3) is 10.9 Å². The molecule has 1 aliphatic heterocycles. The number of benzene rings is 2. The minimum atomic E-state index is 0.212. The van der Waals surface area contributed by atoms with E-state index in [0.717, 1.165) is 53.6 Å². The number of fused-ring (bicyclic) bond motifs is 1.